The van der Waals surface area contributed by atoms with Crippen molar-refractivity contribution in [2.45, 2.75) is 0 Å². The Bertz CT molecular complexity index is 437. The summed E-state index contributed by atoms with van der Waals surface area (Å²) in [5.41, 5.74) is 3.75. The molecule has 2 N–H and O–H groups in total. The maximum absolute atomic E-state index is 8.59. The monoisotopic (exact) mass is 203 g/mol. The van der Waals surface area contributed by atoms with Crippen LogP contribution < -0.4 is 5.48 Å². The van der Waals surface area contributed by atoms with Crippen LogP contribution in [0, 0.1) is 0 Å². The van der Waals surface area contributed by atoms with Gasteiger partial charge in [0.1, 0.15) is 0 Å². The van der Waals surface area contributed by atoms with Gasteiger partial charge in [0.05, 0.1) is 18.9 Å². The topological polar surface area (TPSA) is 41.5 Å². The van der Waals surface area contributed by atoms with E-state index >= 15 is 0 Å². The first-order chi connectivity index (χ1) is 7.42. The molecule has 0 unspecified atom stereocenters. The van der Waals surface area contributed by atoms with Gasteiger partial charge in [0.2, 0.25) is 0 Å². The second-order valence-corrected chi connectivity index (χ2v) is 3.20. The van der Waals surface area contributed by atoms with Crippen LogP contribution in [0.4, 0.5) is 5.69 Å². The third-order valence-corrected chi connectivity index (χ3v) is 2.17. The standard InChI is InChI=1S/C12H13NO2/c14-8-9-15-13-12-7-3-5-10-4-1-2-6-11(10)12/h1-7,13-14H,8-9H2. The maximum atomic E-state index is 8.59. The number of anilines is 1. The number of hydrogen-bond acceptors (Lipinski definition) is 3. The summed E-state index contributed by atoms with van der Waals surface area (Å²) in [5.74, 6) is 0. The zero-order chi connectivity index (χ0) is 10.5. The second-order valence-electron chi connectivity index (χ2n) is 3.20. The number of aliphatic hydroxyl groups excluding tert-OH is 1. The van der Waals surface area contributed by atoms with Crippen molar-refractivity contribution in [3.05, 3.63) is 42.5 Å². The van der Waals surface area contributed by atoms with E-state index in [1.165, 1.54) is 0 Å². The van der Waals surface area contributed by atoms with Crippen molar-refractivity contribution in [2.75, 3.05) is 18.7 Å². The minimum Gasteiger partial charge on any atom is -0.394 e. The van der Waals surface area contributed by atoms with Gasteiger partial charge < -0.3 is 5.11 Å². The molecule has 0 fully saturated rings. The first-order valence-corrected chi connectivity index (χ1v) is 4.88. The molecule has 0 aliphatic rings. The van der Waals surface area contributed by atoms with Crippen LogP contribution in [0.3, 0.4) is 0 Å². The van der Waals surface area contributed by atoms with Crippen LogP contribution in [0.15, 0.2) is 42.5 Å². The van der Waals surface area contributed by atoms with Crippen molar-refractivity contribution in [1.29, 1.82) is 0 Å². The normalized spacial score (nSPS) is 10.5. The number of hydrogen-bond donors (Lipinski definition) is 2. The number of fused-ring (bicyclic) bond motifs is 1. The fraction of sp³-hybridized carbons (Fsp3) is 0.167. The van der Waals surface area contributed by atoms with E-state index < -0.39 is 0 Å². The fourth-order valence-electron chi connectivity index (χ4n) is 1.49. The molecular weight excluding hydrogens is 190 g/mol. The number of aliphatic hydroxyl groups is 1. The molecule has 2 aromatic rings. The van der Waals surface area contributed by atoms with Crippen molar-refractivity contribution in [2.24, 2.45) is 0 Å². The Morgan fingerprint density at radius 1 is 1.07 bits per heavy atom. The van der Waals surface area contributed by atoms with Gasteiger partial charge in [0, 0.05) is 5.39 Å². The van der Waals surface area contributed by atoms with Crippen molar-refractivity contribution in [3.63, 3.8) is 0 Å². The molecule has 0 spiro atoms. The Kier molecular flexibility index (Phi) is 3.17. The lowest BCUT2D eigenvalue weighted by Gasteiger charge is -2.08. The largest absolute Gasteiger partial charge is 0.394 e. The van der Waals surface area contributed by atoms with Crippen molar-refractivity contribution < 1.29 is 9.94 Å². The first-order valence-electron chi connectivity index (χ1n) is 4.88. The summed E-state index contributed by atoms with van der Waals surface area (Å²) in [7, 11) is 0. The lowest BCUT2D eigenvalue weighted by Crippen LogP contribution is -2.05. The molecule has 2 aromatic carbocycles. The van der Waals surface area contributed by atoms with E-state index in [1.807, 2.05) is 42.5 Å². The highest BCUT2D eigenvalue weighted by Gasteiger charge is 1.98. The van der Waals surface area contributed by atoms with E-state index in [2.05, 4.69) is 5.48 Å². The zero-order valence-corrected chi connectivity index (χ0v) is 8.31. The number of nitrogens with one attached hydrogen (secondary N) is 1. The first kappa shape index (κ1) is 9.96. The number of benzene rings is 2. The van der Waals surface area contributed by atoms with Gasteiger partial charge in [-0.15, -0.1) is 0 Å². The Hall–Kier alpha value is -1.58. The maximum Gasteiger partial charge on any atom is 0.0976 e. The zero-order valence-electron chi connectivity index (χ0n) is 8.31. The van der Waals surface area contributed by atoms with Crippen LogP contribution in [-0.4, -0.2) is 18.3 Å². The summed E-state index contributed by atoms with van der Waals surface area (Å²) in [6.07, 6.45) is 0. The van der Waals surface area contributed by atoms with Crippen molar-refractivity contribution in [1.82, 2.24) is 0 Å². The van der Waals surface area contributed by atoms with Crippen LogP contribution in [0.5, 0.6) is 0 Å². The number of rotatable bonds is 4. The molecule has 0 aromatic heterocycles. The minimum absolute atomic E-state index is 0.0117. The van der Waals surface area contributed by atoms with Gasteiger partial charge in [0.25, 0.3) is 0 Å². The average Bonchev–Trinajstić information content (AvgIpc) is 2.30. The van der Waals surface area contributed by atoms with E-state index in [0.29, 0.717) is 0 Å². The van der Waals surface area contributed by atoms with Gasteiger partial charge in [0.15, 0.2) is 0 Å². The van der Waals surface area contributed by atoms with E-state index in [9.17, 15) is 0 Å². The van der Waals surface area contributed by atoms with Crippen LogP contribution in [0.1, 0.15) is 0 Å². The predicted molar refractivity (Wildman–Crippen MR) is 60.6 cm³/mol. The Morgan fingerprint density at radius 3 is 2.73 bits per heavy atom. The minimum atomic E-state index is 0.0117. The molecule has 0 atom stereocenters. The Balaban J connectivity index is 2.26. The molecule has 15 heavy (non-hydrogen) atoms. The molecule has 2 rings (SSSR count). The molecule has 0 saturated heterocycles. The highest BCUT2D eigenvalue weighted by Crippen LogP contribution is 2.22. The van der Waals surface area contributed by atoms with E-state index in [-0.39, 0.29) is 13.2 Å². The van der Waals surface area contributed by atoms with Gasteiger partial charge in [-0.1, -0.05) is 36.4 Å². The molecule has 3 heteroatoms. The van der Waals surface area contributed by atoms with Gasteiger partial charge in [-0.05, 0) is 11.5 Å². The van der Waals surface area contributed by atoms with Crippen molar-refractivity contribution in [3.8, 4) is 0 Å². The molecule has 0 amide bonds. The molecule has 0 bridgehead atoms. The summed E-state index contributed by atoms with van der Waals surface area (Å²) in [5, 5.41) is 10.9. The molecule has 0 aliphatic carbocycles. The van der Waals surface area contributed by atoms with E-state index in [1.54, 1.807) is 0 Å². The molecule has 0 radical (unpaired) electrons. The molecule has 0 saturated carbocycles. The second kappa shape index (κ2) is 4.77. The quantitative estimate of drug-likeness (QED) is 0.591. The third-order valence-electron chi connectivity index (χ3n) is 2.17. The van der Waals surface area contributed by atoms with Gasteiger partial charge >= 0.3 is 0 Å². The van der Waals surface area contributed by atoms with E-state index in [0.717, 1.165) is 16.5 Å². The van der Waals surface area contributed by atoms with Gasteiger partial charge in [-0.2, -0.15) is 0 Å². The molecule has 0 heterocycles. The van der Waals surface area contributed by atoms with Crippen molar-refractivity contribution >= 4 is 16.5 Å². The van der Waals surface area contributed by atoms with Gasteiger partial charge in [-0.25, -0.2) is 0 Å². The van der Waals surface area contributed by atoms with Gasteiger partial charge in [-0.3, -0.25) is 10.3 Å². The summed E-state index contributed by atoms with van der Waals surface area (Å²) in [4.78, 5) is 5.08. The Morgan fingerprint density at radius 2 is 1.87 bits per heavy atom. The average molecular weight is 203 g/mol. The van der Waals surface area contributed by atoms with E-state index in [4.69, 9.17) is 9.94 Å². The summed E-state index contributed by atoms with van der Waals surface area (Å²) < 4.78 is 0. The van der Waals surface area contributed by atoms with Crippen LogP contribution in [-0.2, 0) is 4.84 Å². The molecule has 0 aliphatic heterocycles. The van der Waals surface area contributed by atoms with Crippen LogP contribution in [0.25, 0.3) is 10.8 Å². The third kappa shape index (κ3) is 2.26. The molecule has 3 nitrogen and oxygen atoms in total. The smallest absolute Gasteiger partial charge is 0.0976 e. The lowest BCUT2D eigenvalue weighted by molar-refractivity contribution is 0.133. The van der Waals surface area contributed by atoms with Crippen LogP contribution >= 0.6 is 0 Å². The summed E-state index contributed by atoms with van der Waals surface area (Å²) >= 11 is 0. The summed E-state index contributed by atoms with van der Waals surface area (Å²) in [6, 6.07) is 14.0. The fourth-order valence-corrected chi connectivity index (χ4v) is 1.49. The highest BCUT2D eigenvalue weighted by molar-refractivity contribution is 5.93. The summed E-state index contributed by atoms with van der Waals surface area (Å²) in [6.45, 7) is 0.293. The predicted octanol–water partition coefficient (Wildman–Crippen LogP) is 2.18. The SMILES string of the molecule is OCCONc1cccc2ccccc12. The molecule has 78 valence electrons. The molecular formula is C12H13NO2. The lowest BCUT2D eigenvalue weighted by atomic mass is 10.1. The Labute approximate surface area is 88.3 Å². The van der Waals surface area contributed by atoms with Crippen LogP contribution in [0.2, 0.25) is 0 Å². The highest BCUT2D eigenvalue weighted by atomic mass is 16.6.